The van der Waals surface area contributed by atoms with Gasteiger partial charge in [0.05, 0.1) is 6.07 Å². The molecule has 0 radical (unpaired) electrons. The van der Waals surface area contributed by atoms with Crippen LogP contribution in [0.25, 0.3) is 6.08 Å². The standard InChI is InChI=1S/C11H13NOSi2/c12-8-4-9-15(13-14)10-7-11-5-2-1-3-6-11/h1-7,9-10,15H,14H3. The molecule has 0 saturated heterocycles. The molecule has 15 heavy (non-hydrogen) atoms. The second-order valence-electron chi connectivity index (χ2n) is 2.96. The first-order valence-corrected chi connectivity index (χ1v) is 7.31. The first kappa shape index (κ1) is 11.7. The van der Waals surface area contributed by atoms with Gasteiger partial charge in [0.25, 0.3) is 0 Å². The first-order valence-electron chi connectivity index (χ1n) is 4.69. The van der Waals surface area contributed by atoms with Crippen molar-refractivity contribution < 1.29 is 4.12 Å². The van der Waals surface area contributed by atoms with Gasteiger partial charge in [-0.1, -0.05) is 47.8 Å². The second kappa shape index (κ2) is 6.95. The van der Waals surface area contributed by atoms with Gasteiger partial charge in [-0.25, -0.2) is 0 Å². The summed E-state index contributed by atoms with van der Waals surface area (Å²) in [7, 11) is -0.707. The van der Waals surface area contributed by atoms with Gasteiger partial charge in [0.2, 0.25) is 9.04 Å². The number of hydrogen-bond acceptors (Lipinski definition) is 2. The van der Waals surface area contributed by atoms with Crippen molar-refractivity contribution in [2.45, 2.75) is 0 Å². The minimum absolute atomic E-state index is 0.715. The van der Waals surface area contributed by atoms with E-state index in [-0.39, 0.29) is 0 Å². The molecule has 0 aliphatic rings. The van der Waals surface area contributed by atoms with E-state index in [9.17, 15) is 0 Å². The van der Waals surface area contributed by atoms with Crippen molar-refractivity contribution in [2.24, 2.45) is 0 Å². The maximum Gasteiger partial charge on any atom is 0.213 e. The Morgan fingerprint density at radius 3 is 2.60 bits per heavy atom. The van der Waals surface area contributed by atoms with Crippen molar-refractivity contribution in [2.75, 3.05) is 0 Å². The summed E-state index contributed by atoms with van der Waals surface area (Å²) in [5.74, 6) is 0. The molecule has 0 bridgehead atoms. The fourth-order valence-electron chi connectivity index (χ4n) is 1.13. The monoisotopic (exact) mass is 231 g/mol. The highest BCUT2D eigenvalue weighted by atomic mass is 28.3. The normalized spacial score (nSPS) is 13.3. The zero-order valence-electron chi connectivity index (χ0n) is 8.63. The van der Waals surface area contributed by atoms with E-state index in [1.165, 1.54) is 11.6 Å². The molecule has 0 aromatic heterocycles. The average molecular weight is 231 g/mol. The van der Waals surface area contributed by atoms with Gasteiger partial charge in [-0.3, -0.25) is 0 Å². The lowest BCUT2D eigenvalue weighted by molar-refractivity contribution is 0.659. The van der Waals surface area contributed by atoms with Gasteiger partial charge in [0.15, 0.2) is 0 Å². The first-order chi connectivity index (χ1) is 7.36. The molecule has 1 unspecified atom stereocenters. The fraction of sp³-hybridized carbons (Fsp3) is 0. The van der Waals surface area contributed by atoms with Gasteiger partial charge in [-0.2, -0.15) is 5.26 Å². The summed E-state index contributed by atoms with van der Waals surface area (Å²) in [4.78, 5) is 0. The lowest BCUT2D eigenvalue weighted by Gasteiger charge is -2.01. The predicted octanol–water partition coefficient (Wildman–Crippen LogP) is 0.879. The maximum absolute atomic E-state index is 8.41. The van der Waals surface area contributed by atoms with Crippen LogP contribution in [0.1, 0.15) is 5.56 Å². The van der Waals surface area contributed by atoms with Gasteiger partial charge in [-0.05, 0) is 5.56 Å². The number of benzene rings is 1. The molecule has 1 aromatic carbocycles. The fourth-order valence-corrected chi connectivity index (χ4v) is 3.20. The zero-order valence-corrected chi connectivity index (χ0v) is 11.8. The van der Waals surface area contributed by atoms with Gasteiger partial charge in [0.1, 0.15) is 10.5 Å². The van der Waals surface area contributed by atoms with Crippen LogP contribution in [-0.4, -0.2) is 19.5 Å². The van der Waals surface area contributed by atoms with E-state index < -0.39 is 9.04 Å². The number of nitrogens with zero attached hydrogens (tertiary/aromatic N) is 1. The van der Waals surface area contributed by atoms with Gasteiger partial charge < -0.3 is 4.12 Å². The number of rotatable bonds is 4. The summed E-state index contributed by atoms with van der Waals surface area (Å²) < 4.78 is 5.43. The Hall–Kier alpha value is -1.42. The Morgan fingerprint density at radius 1 is 1.27 bits per heavy atom. The molecule has 1 aromatic rings. The van der Waals surface area contributed by atoms with E-state index in [4.69, 9.17) is 9.38 Å². The van der Waals surface area contributed by atoms with Crippen LogP contribution in [0.3, 0.4) is 0 Å². The Labute approximate surface area is 94.8 Å². The smallest absolute Gasteiger partial charge is 0.213 e. The molecule has 0 saturated carbocycles. The summed E-state index contributed by atoms with van der Waals surface area (Å²) in [5.41, 5.74) is 5.13. The Bertz CT molecular complexity index is 381. The molecular formula is C11H13NOSi2. The summed E-state index contributed by atoms with van der Waals surface area (Å²) >= 11 is 0. The molecule has 0 fully saturated rings. The van der Waals surface area contributed by atoms with Crippen LogP contribution >= 0.6 is 0 Å². The second-order valence-corrected chi connectivity index (χ2v) is 6.54. The minimum atomic E-state index is -1.42. The maximum atomic E-state index is 8.41. The van der Waals surface area contributed by atoms with E-state index in [0.717, 1.165) is 0 Å². The van der Waals surface area contributed by atoms with Crippen LogP contribution in [0.15, 0.2) is 47.8 Å². The van der Waals surface area contributed by atoms with Crippen molar-refractivity contribution >= 4 is 25.6 Å². The largest absolute Gasteiger partial charge is 0.460 e. The molecule has 0 amide bonds. The third-order valence-electron chi connectivity index (χ3n) is 1.91. The molecule has 0 aliphatic carbocycles. The molecule has 76 valence electrons. The quantitative estimate of drug-likeness (QED) is 0.569. The van der Waals surface area contributed by atoms with E-state index in [1.54, 1.807) is 0 Å². The molecule has 1 atom stereocenters. The molecule has 2 nitrogen and oxygen atoms in total. The van der Waals surface area contributed by atoms with Crippen LogP contribution in [0.5, 0.6) is 0 Å². The topological polar surface area (TPSA) is 33.0 Å². The highest BCUT2D eigenvalue weighted by Crippen LogP contribution is 2.02. The van der Waals surface area contributed by atoms with Gasteiger partial charge in [0, 0.05) is 6.08 Å². The van der Waals surface area contributed by atoms with E-state index in [0.29, 0.717) is 10.5 Å². The molecule has 0 spiro atoms. The lowest BCUT2D eigenvalue weighted by atomic mass is 10.2. The van der Waals surface area contributed by atoms with Crippen molar-refractivity contribution in [1.29, 1.82) is 5.26 Å². The molecule has 0 heterocycles. The summed E-state index contributed by atoms with van der Waals surface area (Å²) in [6, 6.07) is 12.1. The number of allylic oxidation sites excluding steroid dienone is 1. The Morgan fingerprint density at radius 2 is 2.00 bits per heavy atom. The van der Waals surface area contributed by atoms with E-state index in [2.05, 4.69) is 11.8 Å². The third-order valence-corrected chi connectivity index (χ3v) is 5.23. The van der Waals surface area contributed by atoms with Crippen molar-refractivity contribution in [3.05, 3.63) is 53.4 Å². The van der Waals surface area contributed by atoms with Crippen molar-refractivity contribution in [1.82, 2.24) is 0 Å². The van der Waals surface area contributed by atoms with E-state index >= 15 is 0 Å². The summed E-state index contributed by atoms with van der Waals surface area (Å²) in [6.07, 6.45) is 3.56. The number of nitriles is 1. The van der Waals surface area contributed by atoms with Crippen LogP contribution in [0.2, 0.25) is 0 Å². The minimum Gasteiger partial charge on any atom is -0.460 e. The molecular weight excluding hydrogens is 218 g/mol. The molecule has 4 heteroatoms. The van der Waals surface area contributed by atoms with Crippen LogP contribution in [-0.2, 0) is 4.12 Å². The Balaban J connectivity index is 2.63. The molecule has 0 aliphatic heterocycles. The highest BCUT2D eigenvalue weighted by molar-refractivity contribution is 6.66. The van der Waals surface area contributed by atoms with Gasteiger partial charge in [-0.15, -0.1) is 0 Å². The average Bonchev–Trinajstić information content (AvgIpc) is 2.31. The van der Waals surface area contributed by atoms with Crippen LogP contribution < -0.4 is 0 Å². The highest BCUT2D eigenvalue weighted by Gasteiger charge is 1.98. The van der Waals surface area contributed by atoms with Crippen LogP contribution in [0, 0.1) is 11.3 Å². The van der Waals surface area contributed by atoms with Gasteiger partial charge >= 0.3 is 0 Å². The molecule has 0 N–H and O–H groups in total. The SMILES string of the molecule is N#CC=C[SiH](C=Cc1ccccc1)O[SiH3]. The van der Waals surface area contributed by atoms with Crippen LogP contribution in [0.4, 0.5) is 0 Å². The lowest BCUT2D eigenvalue weighted by Crippen LogP contribution is -2.09. The van der Waals surface area contributed by atoms with E-state index in [1.807, 2.05) is 42.1 Å². The third kappa shape index (κ3) is 4.56. The summed E-state index contributed by atoms with van der Waals surface area (Å²) in [5, 5.41) is 8.41. The number of hydrogen-bond donors (Lipinski definition) is 0. The van der Waals surface area contributed by atoms with Crippen molar-refractivity contribution in [3.8, 4) is 6.07 Å². The zero-order chi connectivity index (χ0) is 10.9. The predicted molar refractivity (Wildman–Crippen MR) is 68.4 cm³/mol. The molecule has 1 rings (SSSR count). The Kier molecular flexibility index (Phi) is 5.40. The van der Waals surface area contributed by atoms with Crippen molar-refractivity contribution in [3.63, 3.8) is 0 Å². The summed E-state index contributed by atoms with van der Waals surface area (Å²) in [6.45, 7) is 0.